The molecule has 0 aliphatic rings. The number of nitrogens with one attached hydrogen (secondary N) is 3. The van der Waals surface area contributed by atoms with E-state index in [4.69, 9.17) is 5.73 Å². The topological polar surface area (TPSA) is 117 Å². The summed E-state index contributed by atoms with van der Waals surface area (Å²) in [5, 5.41) is 9.09. The second-order valence-corrected chi connectivity index (χ2v) is 6.36. The van der Waals surface area contributed by atoms with E-state index < -0.39 is 5.69 Å². The van der Waals surface area contributed by atoms with E-state index in [0.29, 0.717) is 12.1 Å². The molecule has 0 saturated heterocycles. The number of hydrogen-bond donors (Lipinski definition) is 4. The van der Waals surface area contributed by atoms with Crippen LogP contribution in [0.1, 0.15) is 25.8 Å². The van der Waals surface area contributed by atoms with Gasteiger partial charge < -0.3 is 26.3 Å². The smallest absolute Gasteiger partial charge is 0.349 e. The molecule has 5 N–H and O–H groups in total. The zero-order chi connectivity index (χ0) is 21.4. The average molecular weight is 396 g/mol. The van der Waals surface area contributed by atoms with Crippen molar-refractivity contribution in [3.63, 3.8) is 0 Å². The van der Waals surface area contributed by atoms with E-state index in [1.807, 2.05) is 14.1 Å². The van der Waals surface area contributed by atoms with Crippen LogP contribution in [0.15, 0.2) is 17.1 Å². The molecule has 1 heterocycles. The predicted octanol–water partition coefficient (Wildman–Crippen LogP) is -0.351. The molecule has 0 aliphatic heterocycles. The Morgan fingerprint density at radius 2 is 1.71 bits per heavy atom. The third-order valence-corrected chi connectivity index (χ3v) is 3.64. The van der Waals surface area contributed by atoms with Crippen molar-refractivity contribution in [2.24, 2.45) is 7.05 Å². The maximum atomic E-state index is 11.9. The summed E-state index contributed by atoms with van der Waals surface area (Å²) in [5.41, 5.74) is 5.78. The number of nitrogens with two attached hydrogens (primary N) is 1. The standard InChI is InChI=1S/C16H29N7O2.C3H8/c1-18-6-9-23(10-7-19-2)11-8-20-14(24)5-4-13-12-22(3)16(25)21-15(13)17;1-3-2/h4-5,12,18-19H,6-11H2,1-3H3,(H,20,24)(H2,17,21,25);3H2,1-2H3/b5-4+;. The minimum atomic E-state index is -0.428. The fraction of sp³-hybridized carbons (Fsp3) is 0.632. The Balaban J connectivity index is 0.00000227. The number of aryl methyl sites for hydroxylation is 1. The van der Waals surface area contributed by atoms with Crippen molar-refractivity contribution >= 4 is 17.8 Å². The number of carbonyl (C=O) groups is 1. The van der Waals surface area contributed by atoms with Crippen LogP contribution in [0.3, 0.4) is 0 Å². The van der Waals surface area contributed by atoms with Crippen LogP contribution in [-0.4, -0.2) is 73.7 Å². The Hall–Kier alpha value is -2.23. The van der Waals surface area contributed by atoms with Gasteiger partial charge in [0.2, 0.25) is 5.91 Å². The van der Waals surface area contributed by atoms with Gasteiger partial charge in [-0.2, -0.15) is 4.98 Å². The molecule has 0 fully saturated rings. The molecule has 9 nitrogen and oxygen atoms in total. The molecule has 1 rings (SSSR count). The fourth-order valence-electron chi connectivity index (χ4n) is 2.14. The van der Waals surface area contributed by atoms with Crippen LogP contribution in [0.4, 0.5) is 5.82 Å². The highest BCUT2D eigenvalue weighted by Crippen LogP contribution is 2.06. The first kappa shape index (κ1) is 25.8. The van der Waals surface area contributed by atoms with E-state index in [9.17, 15) is 9.59 Å². The molecule has 0 atom stereocenters. The number of amides is 1. The molecule has 0 bridgehead atoms. The highest BCUT2D eigenvalue weighted by molar-refractivity contribution is 5.92. The highest BCUT2D eigenvalue weighted by Gasteiger charge is 2.05. The molecule has 0 aromatic carbocycles. The van der Waals surface area contributed by atoms with Crippen molar-refractivity contribution in [3.8, 4) is 0 Å². The van der Waals surface area contributed by atoms with Gasteiger partial charge in [-0.3, -0.25) is 9.69 Å². The lowest BCUT2D eigenvalue weighted by Crippen LogP contribution is -2.40. The number of likely N-dealkylation sites (N-methyl/N-ethyl adjacent to an activating group) is 2. The summed E-state index contributed by atoms with van der Waals surface area (Å²) in [6.07, 6.45) is 5.74. The molecule has 0 spiro atoms. The number of carbonyl (C=O) groups excluding carboxylic acids is 1. The number of rotatable bonds is 11. The summed E-state index contributed by atoms with van der Waals surface area (Å²) >= 11 is 0. The van der Waals surface area contributed by atoms with Crippen molar-refractivity contribution in [2.45, 2.75) is 20.3 Å². The lowest BCUT2D eigenvalue weighted by atomic mass is 10.2. The average Bonchev–Trinajstić information content (AvgIpc) is 2.66. The molecular formula is C19H37N7O2. The molecule has 1 aromatic rings. The first-order valence-corrected chi connectivity index (χ1v) is 9.70. The molecule has 28 heavy (non-hydrogen) atoms. The van der Waals surface area contributed by atoms with Gasteiger partial charge in [0, 0.05) is 64.2 Å². The minimum Gasteiger partial charge on any atom is -0.383 e. The third-order valence-electron chi connectivity index (χ3n) is 3.64. The van der Waals surface area contributed by atoms with Crippen LogP contribution < -0.4 is 27.4 Å². The molecule has 0 aliphatic carbocycles. The van der Waals surface area contributed by atoms with Crippen LogP contribution in [0, 0.1) is 0 Å². The molecule has 9 heteroatoms. The molecule has 1 aromatic heterocycles. The van der Waals surface area contributed by atoms with Crippen LogP contribution in [-0.2, 0) is 11.8 Å². The number of nitrogens with zero attached hydrogens (tertiary/aromatic N) is 3. The normalized spacial score (nSPS) is 10.8. The van der Waals surface area contributed by atoms with Gasteiger partial charge in [-0.25, -0.2) is 4.79 Å². The quantitative estimate of drug-likeness (QED) is 0.378. The largest absolute Gasteiger partial charge is 0.383 e. The van der Waals surface area contributed by atoms with E-state index in [2.05, 4.69) is 39.7 Å². The van der Waals surface area contributed by atoms with Gasteiger partial charge in [-0.1, -0.05) is 20.3 Å². The van der Waals surface area contributed by atoms with Crippen LogP contribution >= 0.6 is 0 Å². The Kier molecular flexibility index (Phi) is 14.5. The van der Waals surface area contributed by atoms with Gasteiger partial charge in [-0.05, 0) is 20.2 Å². The van der Waals surface area contributed by atoms with Gasteiger partial charge >= 0.3 is 5.69 Å². The second kappa shape index (κ2) is 15.8. The lowest BCUT2D eigenvalue weighted by Gasteiger charge is -2.22. The molecule has 1 amide bonds. The van der Waals surface area contributed by atoms with Crippen molar-refractivity contribution < 1.29 is 4.79 Å². The number of anilines is 1. The second-order valence-electron chi connectivity index (χ2n) is 6.36. The zero-order valence-electron chi connectivity index (χ0n) is 17.9. The Morgan fingerprint density at radius 1 is 1.18 bits per heavy atom. The predicted molar refractivity (Wildman–Crippen MR) is 116 cm³/mol. The molecule has 160 valence electrons. The summed E-state index contributed by atoms with van der Waals surface area (Å²) in [6.45, 7) is 9.21. The van der Waals surface area contributed by atoms with Gasteiger partial charge in [0.05, 0.1) is 0 Å². The number of hydrogen-bond acceptors (Lipinski definition) is 7. The first-order chi connectivity index (χ1) is 13.4. The van der Waals surface area contributed by atoms with Crippen LogP contribution in [0.5, 0.6) is 0 Å². The number of nitrogen functional groups attached to an aromatic ring is 1. The van der Waals surface area contributed by atoms with Crippen molar-refractivity contribution in [1.29, 1.82) is 0 Å². The monoisotopic (exact) mass is 395 g/mol. The Bertz CT molecular complexity index is 636. The Morgan fingerprint density at radius 3 is 2.25 bits per heavy atom. The summed E-state index contributed by atoms with van der Waals surface area (Å²) < 4.78 is 1.31. The van der Waals surface area contributed by atoms with Gasteiger partial charge in [0.15, 0.2) is 0 Å². The maximum Gasteiger partial charge on any atom is 0.349 e. The molecule has 0 radical (unpaired) electrons. The summed E-state index contributed by atoms with van der Waals surface area (Å²) in [5.74, 6) is -0.104. The van der Waals surface area contributed by atoms with E-state index in [1.165, 1.54) is 17.1 Å². The van der Waals surface area contributed by atoms with Crippen molar-refractivity contribution in [1.82, 2.24) is 30.4 Å². The first-order valence-electron chi connectivity index (χ1n) is 9.70. The lowest BCUT2D eigenvalue weighted by molar-refractivity contribution is -0.116. The van der Waals surface area contributed by atoms with Gasteiger partial charge in [0.25, 0.3) is 0 Å². The minimum absolute atomic E-state index is 0.109. The van der Waals surface area contributed by atoms with Gasteiger partial charge in [0.1, 0.15) is 5.82 Å². The van der Waals surface area contributed by atoms with E-state index in [0.717, 1.165) is 32.7 Å². The van der Waals surface area contributed by atoms with Crippen molar-refractivity contribution in [3.05, 3.63) is 28.3 Å². The molecule has 0 saturated carbocycles. The number of aromatic nitrogens is 2. The zero-order valence-corrected chi connectivity index (χ0v) is 17.9. The molecule has 0 unspecified atom stereocenters. The summed E-state index contributed by atoms with van der Waals surface area (Å²) in [4.78, 5) is 29.2. The molecular weight excluding hydrogens is 358 g/mol. The van der Waals surface area contributed by atoms with Crippen LogP contribution in [0.25, 0.3) is 6.08 Å². The Labute approximate surface area is 168 Å². The van der Waals surface area contributed by atoms with Crippen molar-refractivity contribution in [2.75, 3.05) is 59.1 Å². The van der Waals surface area contributed by atoms with E-state index >= 15 is 0 Å². The van der Waals surface area contributed by atoms with Crippen LogP contribution in [0.2, 0.25) is 0 Å². The SMILES string of the molecule is CCC.CNCCN(CCNC)CCNC(=O)/C=C/c1cn(C)c(=O)nc1N. The van der Waals surface area contributed by atoms with Gasteiger partial charge in [-0.15, -0.1) is 0 Å². The summed E-state index contributed by atoms with van der Waals surface area (Å²) in [6, 6.07) is 0. The third kappa shape index (κ3) is 11.5. The maximum absolute atomic E-state index is 11.9. The fourth-order valence-corrected chi connectivity index (χ4v) is 2.14. The van der Waals surface area contributed by atoms with E-state index in [1.54, 1.807) is 19.3 Å². The van der Waals surface area contributed by atoms with E-state index in [-0.39, 0.29) is 11.7 Å². The summed E-state index contributed by atoms with van der Waals surface area (Å²) in [7, 11) is 5.42. The highest BCUT2D eigenvalue weighted by atomic mass is 16.1.